The molecule has 0 rings (SSSR count). The van der Waals surface area contributed by atoms with Gasteiger partial charge in [-0.05, 0) is 32.1 Å². The smallest absolute Gasteiger partial charge is 0.332 e. The molecule has 0 aromatic carbocycles. The van der Waals surface area contributed by atoms with Gasteiger partial charge in [0.25, 0.3) is 0 Å². The Hall–Kier alpha value is -0.830. The molecule has 0 aromatic heterocycles. The molecule has 0 fully saturated rings. The van der Waals surface area contributed by atoms with E-state index in [4.69, 9.17) is 9.84 Å². The van der Waals surface area contributed by atoms with Crippen molar-refractivity contribution in [1.29, 1.82) is 0 Å². The van der Waals surface area contributed by atoms with Gasteiger partial charge in [-0.1, -0.05) is 51.2 Å². The highest BCUT2D eigenvalue weighted by atomic mass is 16.5. The van der Waals surface area contributed by atoms with Crippen molar-refractivity contribution in [2.24, 2.45) is 0 Å². The summed E-state index contributed by atoms with van der Waals surface area (Å²) in [5.74, 6) is -0.862. The predicted octanol–water partition coefficient (Wildman–Crippen LogP) is 4.56. The average molecular weight is 270 g/mol. The van der Waals surface area contributed by atoms with E-state index in [1.54, 1.807) is 0 Å². The Balaban J connectivity index is 3.32. The lowest BCUT2D eigenvalue weighted by Crippen LogP contribution is -2.21. The molecule has 0 radical (unpaired) electrons. The fraction of sp³-hybridized carbons (Fsp3) is 0.812. The fourth-order valence-corrected chi connectivity index (χ4v) is 2.04. The molecule has 0 aliphatic carbocycles. The van der Waals surface area contributed by atoms with Gasteiger partial charge in [-0.3, -0.25) is 0 Å². The van der Waals surface area contributed by atoms with Crippen LogP contribution in [-0.4, -0.2) is 24.3 Å². The summed E-state index contributed by atoms with van der Waals surface area (Å²) in [5.41, 5.74) is 0. The van der Waals surface area contributed by atoms with Crippen LogP contribution < -0.4 is 0 Å². The van der Waals surface area contributed by atoms with Crippen LogP contribution in [0.3, 0.4) is 0 Å². The normalized spacial score (nSPS) is 12.9. The molecular formula is C16H30O3. The fourth-order valence-electron chi connectivity index (χ4n) is 2.04. The number of carbonyl (C=O) groups is 1. The second kappa shape index (κ2) is 13.6. The standard InChI is InChI=1S/C16H30O3/c1-3-4-5-6-7-8-9-10-11-12-13-14-15(19-2)16(17)18/h10-11,15H,3-9,12-14H2,1-2H3,(H,17,18). The van der Waals surface area contributed by atoms with E-state index in [-0.39, 0.29) is 0 Å². The largest absolute Gasteiger partial charge is 0.479 e. The van der Waals surface area contributed by atoms with Crippen molar-refractivity contribution in [2.45, 2.75) is 77.2 Å². The van der Waals surface area contributed by atoms with E-state index in [9.17, 15) is 4.79 Å². The summed E-state index contributed by atoms with van der Waals surface area (Å²) < 4.78 is 4.88. The van der Waals surface area contributed by atoms with Crippen LogP contribution in [0, 0.1) is 0 Å². The molecule has 0 saturated carbocycles. The van der Waals surface area contributed by atoms with Gasteiger partial charge in [-0.2, -0.15) is 0 Å². The minimum atomic E-state index is -0.862. The van der Waals surface area contributed by atoms with Gasteiger partial charge in [-0.25, -0.2) is 4.79 Å². The molecule has 112 valence electrons. The number of hydrogen-bond donors (Lipinski definition) is 1. The van der Waals surface area contributed by atoms with Gasteiger partial charge in [0.15, 0.2) is 6.10 Å². The highest BCUT2D eigenvalue weighted by Gasteiger charge is 2.14. The summed E-state index contributed by atoms with van der Waals surface area (Å²) in [6.07, 6.45) is 15.3. The first-order chi connectivity index (χ1) is 9.22. The maximum atomic E-state index is 10.7. The van der Waals surface area contributed by atoms with E-state index < -0.39 is 12.1 Å². The number of carboxylic acid groups (broad SMARTS) is 1. The first-order valence-electron chi connectivity index (χ1n) is 7.63. The van der Waals surface area contributed by atoms with Crippen molar-refractivity contribution >= 4 is 5.97 Å². The SMILES string of the molecule is CCCCCCCCC=CCCCC(OC)C(=O)O. The third-order valence-corrected chi connectivity index (χ3v) is 3.29. The Labute approximate surface area is 118 Å². The van der Waals surface area contributed by atoms with E-state index in [0.29, 0.717) is 6.42 Å². The molecular weight excluding hydrogens is 240 g/mol. The van der Waals surface area contributed by atoms with Crippen LogP contribution in [0.15, 0.2) is 12.2 Å². The molecule has 3 nitrogen and oxygen atoms in total. The van der Waals surface area contributed by atoms with Gasteiger partial charge in [0, 0.05) is 7.11 Å². The maximum Gasteiger partial charge on any atom is 0.332 e. The molecule has 0 amide bonds. The lowest BCUT2D eigenvalue weighted by atomic mass is 10.1. The Morgan fingerprint density at radius 1 is 1.05 bits per heavy atom. The minimum absolute atomic E-state index is 0.590. The Morgan fingerprint density at radius 2 is 1.63 bits per heavy atom. The van der Waals surface area contributed by atoms with Crippen LogP contribution in [0.2, 0.25) is 0 Å². The molecule has 0 bridgehead atoms. The van der Waals surface area contributed by atoms with Gasteiger partial charge in [0.2, 0.25) is 0 Å². The van der Waals surface area contributed by atoms with Gasteiger partial charge < -0.3 is 9.84 Å². The second-order valence-electron chi connectivity index (χ2n) is 5.02. The molecule has 0 spiro atoms. The van der Waals surface area contributed by atoms with Gasteiger partial charge in [0.1, 0.15) is 0 Å². The van der Waals surface area contributed by atoms with Crippen molar-refractivity contribution in [3.63, 3.8) is 0 Å². The quantitative estimate of drug-likeness (QED) is 0.394. The zero-order valence-electron chi connectivity index (χ0n) is 12.6. The van der Waals surface area contributed by atoms with Crippen LogP contribution in [-0.2, 0) is 9.53 Å². The van der Waals surface area contributed by atoms with Gasteiger partial charge in [0.05, 0.1) is 0 Å². The van der Waals surface area contributed by atoms with Crippen LogP contribution in [0.4, 0.5) is 0 Å². The molecule has 1 unspecified atom stereocenters. The number of ether oxygens (including phenoxy) is 1. The van der Waals surface area contributed by atoms with Gasteiger partial charge in [-0.15, -0.1) is 0 Å². The monoisotopic (exact) mass is 270 g/mol. The average Bonchev–Trinajstić information content (AvgIpc) is 2.40. The maximum absolute atomic E-state index is 10.7. The highest BCUT2D eigenvalue weighted by Crippen LogP contribution is 2.08. The summed E-state index contributed by atoms with van der Waals surface area (Å²) in [4.78, 5) is 10.7. The summed E-state index contributed by atoms with van der Waals surface area (Å²) >= 11 is 0. The lowest BCUT2D eigenvalue weighted by Gasteiger charge is -2.08. The number of unbranched alkanes of at least 4 members (excludes halogenated alkanes) is 7. The molecule has 19 heavy (non-hydrogen) atoms. The number of methoxy groups -OCH3 is 1. The number of allylic oxidation sites excluding steroid dienone is 2. The number of aliphatic carboxylic acids is 1. The number of carboxylic acids is 1. The summed E-state index contributed by atoms with van der Waals surface area (Å²) in [6, 6.07) is 0. The third kappa shape index (κ3) is 12.0. The molecule has 0 saturated heterocycles. The van der Waals surface area contributed by atoms with E-state index in [2.05, 4.69) is 19.1 Å². The molecule has 3 heteroatoms. The number of rotatable bonds is 13. The van der Waals surface area contributed by atoms with E-state index in [0.717, 1.165) is 19.3 Å². The summed E-state index contributed by atoms with van der Waals surface area (Å²) in [7, 11) is 1.45. The van der Waals surface area contributed by atoms with Crippen molar-refractivity contribution in [3.8, 4) is 0 Å². The second-order valence-corrected chi connectivity index (χ2v) is 5.02. The van der Waals surface area contributed by atoms with Crippen LogP contribution in [0.25, 0.3) is 0 Å². The van der Waals surface area contributed by atoms with Crippen LogP contribution >= 0.6 is 0 Å². The van der Waals surface area contributed by atoms with E-state index >= 15 is 0 Å². The summed E-state index contributed by atoms with van der Waals surface area (Å²) in [6.45, 7) is 2.24. The topological polar surface area (TPSA) is 46.5 Å². The zero-order valence-corrected chi connectivity index (χ0v) is 12.6. The van der Waals surface area contributed by atoms with E-state index in [1.807, 2.05) is 0 Å². The molecule has 1 N–H and O–H groups in total. The third-order valence-electron chi connectivity index (χ3n) is 3.29. The molecule has 0 aromatic rings. The van der Waals surface area contributed by atoms with Crippen molar-refractivity contribution in [2.75, 3.05) is 7.11 Å². The van der Waals surface area contributed by atoms with Crippen molar-refractivity contribution in [1.82, 2.24) is 0 Å². The first-order valence-corrected chi connectivity index (χ1v) is 7.63. The minimum Gasteiger partial charge on any atom is -0.479 e. The van der Waals surface area contributed by atoms with Crippen molar-refractivity contribution < 1.29 is 14.6 Å². The molecule has 0 heterocycles. The predicted molar refractivity (Wildman–Crippen MR) is 79.4 cm³/mol. The summed E-state index contributed by atoms with van der Waals surface area (Å²) in [5, 5.41) is 8.79. The highest BCUT2D eigenvalue weighted by molar-refractivity contribution is 5.72. The van der Waals surface area contributed by atoms with E-state index in [1.165, 1.54) is 45.6 Å². The van der Waals surface area contributed by atoms with Crippen molar-refractivity contribution in [3.05, 3.63) is 12.2 Å². The molecule has 0 aliphatic rings. The molecule has 0 aliphatic heterocycles. The Morgan fingerprint density at radius 3 is 2.21 bits per heavy atom. The zero-order chi connectivity index (χ0) is 14.3. The lowest BCUT2D eigenvalue weighted by molar-refractivity contribution is -0.148. The molecule has 1 atom stereocenters. The Bertz CT molecular complexity index is 236. The van der Waals surface area contributed by atoms with Gasteiger partial charge >= 0.3 is 5.97 Å². The Kier molecular flexibility index (Phi) is 13.0. The number of hydrogen-bond acceptors (Lipinski definition) is 2. The first kappa shape index (κ1) is 18.2. The van der Waals surface area contributed by atoms with Crippen LogP contribution in [0.5, 0.6) is 0 Å². The van der Waals surface area contributed by atoms with Crippen LogP contribution in [0.1, 0.15) is 71.1 Å².